The van der Waals surface area contributed by atoms with Gasteiger partial charge in [0.1, 0.15) is 0 Å². The second-order valence-corrected chi connectivity index (χ2v) is 5.27. The Morgan fingerprint density at radius 3 is 2.47 bits per heavy atom. The van der Waals surface area contributed by atoms with E-state index in [-0.39, 0.29) is 0 Å². The van der Waals surface area contributed by atoms with Gasteiger partial charge in [-0.1, -0.05) is 12.1 Å². The number of nitrogens with one attached hydrogen (secondary N) is 2. The highest BCUT2D eigenvalue weighted by Gasteiger charge is 2.23. The van der Waals surface area contributed by atoms with Crippen LogP contribution in [0.15, 0.2) is 28.7 Å². The molecule has 1 aliphatic heterocycles. The van der Waals surface area contributed by atoms with Crippen molar-refractivity contribution in [2.24, 2.45) is 0 Å². The maximum absolute atomic E-state index is 11.9. The van der Waals surface area contributed by atoms with Gasteiger partial charge in [-0.25, -0.2) is 0 Å². The molecule has 1 saturated heterocycles. The smallest absolute Gasteiger partial charge is 0.327 e. The fourth-order valence-corrected chi connectivity index (χ4v) is 2.36. The molecule has 19 heavy (non-hydrogen) atoms. The number of benzene rings is 1. The van der Waals surface area contributed by atoms with Gasteiger partial charge < -0.3 is 4.90 Å². The van der Waals surface area contributed by atoms with Gasteiger partial charge in [-0.05, 0) is 47.3 Å². The molecule has 1 aromatic carbocycles. The van der Waals surface area contributed by atoms with Crippen LogP contribution in [0.5, 0.6) is 0 Å². The van der Waals surface area contributed by atoms with Gasteiger partial charge in [0.05, 0.1) is 5.69 Å². The zero-order chi connectivity index (χ0) is 13.7. The molecule has 2 amide bonds. The summed E-state index contributed by atoms with van der Waals surface area (Å²) in [6, 6.07) is 7.36. The third kappa shape index (κ3) is 3.70. The number of likely N-dealkylation sites (tertiary alicyclic amines) is 1. The average molecular weight is 326 g/mol. The van der Waals surface area contributed by atoms with Crippen LogP contribution in [0.4, 0.5) is 5.69 Å². The number of hydrazine groups is 1. The highest BCUT2D eigenvalue weighted by Crippen LogP contribution is 2.20. The Bertz CT molecular complexity index is 473. The van der Waals surface area contributed by atoms with Gasteiger partial charge in [-0.3, -0.25) is 20.4 Å². The van der Waals surface area contributed by atoms with Gasteiger partial charge in [0, 0.05) is 17.6 Å². The van der Waals surface area contributed by atoms with Crippen LogP contribution in [0, 0.1) is 0 Å². The highest BCUT2D eigenvalue weighted by atomic mass is 79.9. The van der Waals surface area contributed by atoms with Gasteiger partial charge in [0.2, 0.25) is 0 Å². The van der Waals surface area contributed by atoms with Crippen molar-refractivity contribution in [3.63, 3.8) is 0 Å². The van der Waals surface area contributed by atoms with E-state index in [9.17, 15) is 9.59 Å². The predicted molar refractivity (Wildman–Crippen MR) is 76.3 cm³/mol. The Kier molecular flexibility index (Phi) is 4.79. The third-order valence-electron chi connectivity index (χ3n) is 3.02. The first kappa shape index (κ1) is 13.9. The van der Waals surface area contributed by atoms with E-state index in [1.165, 1.54) is 0 Å². The molecule has 6 heteroatoms. The standard InChI is InChI=1S/C13H16BrN3O2/c14-10-6-2-3-7-11(10)15-16-12(18)13(19)17-8-4-1-5-9-17/h2-3,6-7,15H,1,4-5,8-9H2,(H,16,18). The normalized spacial score (nSPS) is 14.9. The summed E-state index contributed by atoms with van der Waals surface area (Å²) in [6.07, 6.45) is 3.06. The molecule has 1 fully saturated rings. The molecule has 2 N–H and O–H groups in total. The number of anilines is 1. The molecule has 1 aliphatic rings. The molecule has 5 nitrogen and oxygen atoms in total. The van der Waals surface area contributed by atoms with Crippen LogP contribution in [-0.4, -0.2) is 29.8 Å². The number of halogens is 1. The quantitative estimate of drug-likeness (QED) is 0.645. The van der Waals surface area contributed by atoms with Crippen LogP contribution in [0.25, 0.3) is 0 Å². The van der Waals surface area contributed by atoms with Crippen molar-refractivity contribution in [1.82, 2.24) is 10.3 Å². The van der Waals surface area contributed by atoms with Crippen LogP contribution in [0.1, 0.15) is 19.3 Å². The zero-order valence-corrected chi connectivity index (χ0v) is 12.1. The summed E-state index contributed by atoms with van der Waals surface area (Å²) in [6.45, 7) is 1.34. The number of nitrogens with zero attached hydrogens (tertiary/aromatic N) is 1. The number of carbonyl (C=O) groups is 2. The molecular formula is C13H16BrN3O2. The van der Waals surface area contributed by atoms with Crippen molar-refractivity contribution in [3.8, 4) is 0 Å². The van der Waals surface area contributed by atoms with Gasteiger partial charge in [-0.2, -0.15) is 0 Å². The molecule has 0 saturated carbocycles. The Hall–Kier alpha value is -1.56. The van der Waals surface area contributed by atoms with E-state index in [1.807, 2.05) is 18.2 Å². The second-order valence-electron chi connectivity index (χ2n) is 4.41. The molecule has 0 radical (unpaired) electrons. The van der Waals surface area contributed by atoms with Gasteiger partial charge >= 0.3 is 11.8 Å². The first-order valence-electron chi connectivity index (χ1n) is 6.28. The number of hydrogen-bond donors (Lipinski definition) is 2. The van der Waals surface area contributed by atoms with E-state index in [0.29, 0.717) is 18.8 Å². The summed E-state index contributed by atoms with van der Waals surface area (Å²) in [5, 5.41) is 0. The monoisotopic (exact) mass is 325 g/mol. The molecule has 0 spiro atoms. The fraction of sp³-hybridized carbons (Fsp3) is 0.385. The van der Waals surface area contributed by atoms with Crippen molar-refractivity contribution in [2.75, 3.05) is 18.5 Å². The van der Waals surface area contributed by atoms with E-state index in [2.05, 4.69) is 26.8 Å². The van der Waals surface area contributed by atoms with Crippen LogP contribution in [0.2, 0.25) is 0 Å². The van der Waals surface area contributed by atoms with Crippen molar-refractivity contribution in [1.29, 1.82) is 0 Å². The molecule has 0 aliphatic carbocycles. The lowest BCUT2D eigenvalue weighted by Gasteiger charge is -2.26. The molecular weight excluding hydrogens is 310 g/mol. The van der Waals surface area contributed by atoms with Gasteiger partial charge in [-0.15, -0.1) is 0 Å². The highest BCUT2D eigenvalue weighted by molar-refractivity contribution is 9.10. The van der Waals surface area contributed by atoms with Crippen LogP contribution < -0.4 is 10.9 Å². The topological polar surface area (TPSA) is 61.4 Å². The van der Waals surface area contributed by atoms with Crippen molar-refractivity contribution < 1.29 is 9.59 Å². The van der Waals surface area contributed by atoms with Gasteiger partial charge in [0.25, 0.3) is 0 Å². The number of amides is 2. The van der Waals surface area contributed by atoms with E-state index in [1.54, 1.807) is 11.0 Å². The summed E-state index contributed by atoms with van der Waals surface area (Å²) >= 11 is 3.35. The first-order valence-corrected chi connectivity index (χ1v) is 7.07. The minimum Gasteiger partial charge on any atom is -0.334 e. The summed E-state index contributed by atoms with van der Waals surface area (Å²) < 4.78 is 0.820. The summed E-state index contributed by atoms with van der Waals surface area (Å²) in [7, 11) is 0. The Balaban J connectivity index is 1.87. The Morgan fingerprint density at radius 2 is 1.79 bits per heavy atom. The van der Waals surface area contributed by atoms with E-state index < -0.39 is 11.8 Å². The van der Waals surface area contributed by atoms with E-state index in [4.69, 9.17) is 0 Å². The second kappa shape index (κ2) is 6.56. The Morgan fingerprint density at radius 1 is 1.11 bits per heavy atom. The average Bonchev–Trinajstić information content (AvgIpc) is 2.46. The predicted octanol–water partition coefficient (Wildman–Crippen LogP) is 1.90. The third-order valence-corrected chi connectivity index (χ3v) is 3.71. The summed E-state index contributed by atoms with van der Waals surface area (Å²) in [4.78, 5) is 25.2. The zero-order valence-electron chi connectivity index (χ0n) is 10.5. The van der Waals surface area contributed by atoms with Crippen LogP contribution in [-0.2, 0) is 9.59 Å². The molecule has 1 aromatic rings. The minimum absolute atomic E-state index is 0.473. The molecule has 102 valence electrons. The number of piperidine rings is 1. The van der Waals surface area contributed by atoms with Crippen molar-refractivity contribution >= 4 is 33.4 Å². The molecule has 0 atom stereocenters. The van der Waals surface area contributed by atoms with E-state index in [0.717, 1.165) is 23.7 Å². The number of carbonyl (C=O) groups excluding carboxylic acids is 2. The maximum atomic E-state index is 11.9. The molecule has 1 heterocycles. The SMILES string of the molecule is O=C(NNc1ccccc1Br)C(=O)N1CCCCC1. The van der Waals surface area contributed by atoms with Crippen molar-refractivity contribution in [2.45, 2.75) is 19.3 Å². The first-order chi connectivity index (χ1) is 9.18. The molecule has 0 aromatic heterocycles. The molecule has 0 bridgehead atoms. The number of rotatable bonds is 2. The molecule has 2 rings (SSSR count). The van der Waals surface area contributed by atoms with Crippen LogP contribution >= 0.6 is 15.9 Å². The minimum atomic E-state index is -0.627. The Labute approximate surface area is 120 Å². The molecule has 0 unspecified atom stereocenters. The van der Waals surface area contributed by atoms with Gasteiger partial charge in [0.15, 0.2) is 0 Å². The lowest BCUT2D eigenvalue weighted by Crippen LogP contribution is -2.46. The van der Waals surface area contributed by atoms with Crippen molar-refractivity contribution in [3.05, 3.63) is 28.7 Å². The number of para-hydroxylation sites is 1. The maximum Gasteiger partial charge on any atom is 0.327 e. The lowest BCUT2D eigenvalue weighted by atomic mass is 10.1. The summed E-state index contributed by atoms with van der Waals surface area (Å²) in [5.74, 6) is -1.10. The van der Waals surface area contributed by atoms with Crippen LogP contribution in [0.3, 0.4) is 0 Å². The lowest BCUT2D eigenvalue weighted by molar-refractivity contribution is -0.146. The van der Waals surface area contributed by atoms with E-state index >= 15 is 0 Å². The number of hydrogen-bond acceptors (Lipinski definition) is 3. The largest absolute Gasteiger partial charge is 0.334 e. The fourth-order valence-electron chi connectivity index (χ4n) is 1.98. The summed E-state index contributed by atoms with van der Waals surface area (Å²) in [5.41, 5.74) is 5.88.